The summed E-state index contributed by atoms with van der Waals surface area (Å²) in [6.07, 6.45) is -0.270. The highest BCUT2D eigenvalue weighted by Gasteiger charge is 2.31. The van der Waals surface area contributed by atoms with E-state index in [1.165, 1.54) is 6.07 Å². The van der Waals surface area contributed by atoms with Gasteiger partial charge in [0.2, 0.25) is 0 Å². The van der Waals surface area contributed by atoms with Crippen molar-refractivity contribution in [3.63, 3.8) is 0 Å². The molecule has 3 rings (SSSR count). The van der Waals surface area contributed by atoms with E-state index in [9.17, 15) is 14.3 Å². The second kappa shape index (κ2) is 7.66. The van der Waals surface area contributed by atoms with Crippen LogP contribution in [0.25, 0.3) is 0 Å². The van der Waals surface area contributed by atoms with Crippen LogP contribution in [0, 0.1) is 5.82 Å². The molecule has 1 amide bonds. The summed E-state index contributed by atoms with van der Waals surface area (Å²) in [6, 6.07) is 14.5. The molecule has 2 aromatic rings. The lowest BCUT2D eigenvalue weighted by Gasteiger charge is -2.20. The fraction of sp³-hybridized carbons (Fsp3) is 0.350. The van der Waals surface area contributed by atoms with Crippen molar-refractivity contribution >= 4 is 5.91 Å². The average molecular weight is 343 g/mol. The van der Waals surface area contributed by atoms with Crippen molar-refractivity contribution in [2.75, 3.05) is 6.54 Å². The Kier molecular flexibility index (Phi) is 5.34. The predicted molar refractivity (Wildman–Crippen MR) is 93.0 cm³/mol. The molecule has 3 unspecified atom stereocenters. The normalized spacial score (nSPS) is 18.1. The van der Waals surface area contributed by atoms with Crippen molar-refractivity contribution in [1.82, 2.24) is 5.32 Å². The van der Waals surface area contributed by atoms with Crippen LogP contribution in [-0.4, -0.2) is 29.8 Å². The fourth-order valence-corrected chi connectivity index (χ4v) is 3.19. The molecule has 2 N–H and O–H groups in total. The Bertz CT molecular complexity index is 733. The molecule has 0 saturated heterocycles. The van der Waals surface area contributed by atoms with Crippen LogP contribution in [-0.2, 0) is 11.2 Å². The van der Waals surface area contributed by atoms with Gasteiger partial charge in [-0.3, -0.25) is 4.79 Å². The Balaban J connectivity index is 1.62. The van der Waals surface area contributed by atoms with E-state index < -0.39 is 18.0 Å². The Morgan fingerprint density at radius 3 is 2.72 bits per heavy atom. The van der Waals surface area contributed by atoms with Crippen molar-refractivity contribution in [1.29, 1.82) is 0 Å². The third kappa shape index (κ3) is 4.17. The number of nitrogens with one attached hydrogen (secondary N) is 1. The van der Waals surface area contributed by atoms with Gasteiger partial charge in [0.25, 0.3) is 5.91 Å². The van der Waals surface area contributed by atoms with E-state index in [2.05, 4.69) is 5.32 Å². The van der Waals surface area contributed by atoms with Crippen LogP contribution in [0.15, 0.2) is 48.5 Å². The quantitative estimate of drug-likeness (QED) is 0.848. The van der Waals surface area contributed by atoms with Crippen LogP contribution in [0.5, 0.6) is 5.75 Å². The lowest BCUT2D eigenvalue weighted by atomic mass is 9.93. The van der Waals surface area contributed by atoms with E-state index in [1.807, 2.05) is 30.3 Å². The molecule has 0 bridgehead atoms. The first-order valence-corrected chi connectivity index (χ1v) is 8.49. The van der Waals surface area contributed by atoms with Crippen LogP contribution < -0.4 is 10.1 Å². The highest BCUT2D eigenvalue weighted by atomic mass is 19.1. The maximum Gasteiger partial charge on any atom is 0.261 e. The molecule has 0 saturated carbocycles. The Labute approximate surface area is 146 Å². The van der Waals surface area contributed by atoms with Gasteiger partial charge < -0.3 is 15.2 Å². The van der Waals surface area contributed by atoms with E-state index in [-0.39, 0.29) is 17.6 Å². The van der Waals surface area contributed by atoms with E-state index in [0.29, 0.717) is 24.9 Å². The van der Waals surface area contributed by atoms with Gasteiger partial charge in [-0.2, -0.15) is 0 Å². The van der Waals surface area contributed by atoms with Crippen molar-refractivity contribution < 1.29 is 19.0 Å². The summed E-state index contributed by atoms with van der Waals surface area (Å²) in [5.74, 6) is -0.525. The number of carbonyl (C=O) groups excluding carboxylic acids is 1. The SMILES string of the molecule is CC(O)CC(CNC(=O)C1Cc2cccc(F)c2O1)c1ccccc1. The first-order chi connectivity index (χ1) is 12.0. The molecule has 0 aliphatic carbocycles. The van der Waals surface area contributed by atoms with Gasteiger partial charge in [0.1, 0.15) is 0 Å². The highest BCUT2D eigenvalue weighted by molar-refractivity contribution is 5.82. The maximum absolute atomic E-state index is 13.7. The molecule has 0 fully saturated rings. The summed E-state index contributed by atoms with van der Waals surface area (Å²) < 4.78 is 19.2. The van der Waals surface area contributed by atoms with E-state index in [0.717, 1.165) is 5.56 Å². The summed E-state index contributed by atoms with van der Waals surface area (Å²) in [7, 11) is 0. The van der Waals surface area contributed by atoms with Gasteiger partial charge in [-0.15, -0.1) is 0 Å². The van der Waals surface area contributed by atoms with Crippen LogP contribution in [0.2, 0.25) is 0 Å². The molecule has 132 valence electrons. The first kappa shape index (κ1) is 17.4. The topological polar surface area (TPSA) is 58.6 Å². The maximum atomic E-state index is 13.7. The van der Waals surface area contributed by atoms with Gasteiger partial charge in [0, 0.05) is 24.4 Å². The molecule has 25 heavy (non-hydrogen) atoms. The molecule has 0 radical (unpaired) electrons. The Morgan fingerprint density at radius 1 is 1.28 bits per heavy atom. The molecule has 3 atom stereocenters. The number of fused-ring (bicyclic) bond motifs is 1. The largest absolute Gasteiger partial charge is 0.477 e. The number of hydrogen-bond donors (Lipinski definition) is 2. The molecular weight excluding hydrogens is 321 g/mol. The highest BCUT2D eigenvalue weighted by Crippen LogP contribution is 2.31. The molecule has 2 aromatic carbocycles. The lowest BCUT2D eigenvalue weighted by Crippen LogP contribution is -2.39. The second-order valence-electron chi connectivity index (χ2n) is 6.48. The lowest BCUT2D eigenvalue weighted by molar-refractivity contribution is -0.127. The predicted octanol–water partition coefficient (Wildman–Crippen LogP) is 2.80. The molecule has 0 spiro atoms. The van der Waals surface area contributed by atoms with Gasteiger partial charge in [-0.1, -0.05) is 42.5 Å². The van der Waals surface area contributed by atoms with Gasteiger partial charge >= 0.3 is 0 Å². The summed E-state index contributed by atoms with van der Waals surface area (Å²) in [5.41, 5.74) is 1.77. The third-order valence-corrected chi connectivity index (χ3v) is 4.43. The van der Waals surface area contributed by atoms with Gasteiger partial charge in [0.05, 0.1) is 6.10 Å². The number of amides is 1. The van der Waals surface area contributed by atoms with E-state index >= 15 is 0 Å². The fourth-order valence-electron chi connectivity index (χ4n) is 3.19. The molecule has 1 aliphatic heterocycles. The van der Waals surface area contributed by atoms with Gasteiger partial charge in [-0.05, 0) is 25.0 Å². The Hall–Kier alpha value is -2.40. The van der Waals surface area contributed by atoms with Crippen molar-refractivity contribution in [3.05, 3.63) is 65.5 Å². The zero-order valence-corrected chi connectivity index (χ0v) is 14.1. The van der Waals surface area contributed by atoms with Crippen LogP contribution in [0.3, 0.4) is 0 Å². The molecular formula is C20H22FNO3. The van der Waals surface area contributed by atoms with Crippen molar-refractivity contribution in [2.24, 2.45) is 0 Å². The smallest absolute Gasteiger partial charge is 0.261 e. The minimum atomic E-state index is -0.713. The molecule has 5 heteroatoms. The summed E-state index contributed by atoms with van der Waals surface area (Å²) in [6.45, 7) is 2.13. The first-order valence-electron chi connectivity index (χ1n) is 8.49. The summed E-state index contributed by atoms with van der Waals surface area (Å²) in [5, 5.41) is 12.6. The number of ether oxygens (including phenoxy) is 1. The third-order valence-electron chi connectivity index (χ3n) is 4.43. The van der Waals surface area contributed by atoms with Crippen LogP contribution >= 0.6 is 0 Å². The van der Waals surface area contributed by atoms with Crippen molar-refractivity contribution in [3.8, 4) is 5.75 Å². The average Bonchev–Trinajstić information content (AvgIpc) is 3.04. The van der Waals surface area contributed by atoms with Gasteiger partial charge in [-0.25, -0.2) is 4.39 Å². The number of carbonyl (C=O) groups is 1. The number of para-hydroxylation sites is 1. The molecule has 1 heterocycles. The number of aliphatic hydroxyl groups is 1. The molecule has 4 nitrogen and oxygen atoms in total. The number of rotatable bonds is 6. The Morgan fingerprint density at radius 2 is 2.04 bits per heavy atom. The number of hydrogen-bond acceptors (Lipinski definition) is 3. The van der Waals surface area contributed by atoms with E-state index in [1.54, 1.807) is 19.1 Å². The standard InChI is InChI=1S/C20H22FNO3/c1-13(23)10-16(14-6-3-2-4-7-14)12-22-20(24)18-11-15-8-5-9-17(21)19(15)25-18/h2-9,13,16,18,23H,10-12H2,1H3,(H,22,24). The van der Waals surface area contributed by atoms with Crippen LogP contribution in [0.4, 0.5) is 4.39 Å². The number of halogens is 1. The number of benzene rings is 2. The zero-order chi connectivity index (χ0) is 17.8. The van der Waals surface area contributed by atoms with Crippen molar-refractivity contribution in [2.45, 2.75) is 37.9 Å². The summed E-state index contributed by atoms with van der Waals surface area (Å²) in [4.78, 5) is 12.4. The van der Waals surface area contributed by atoms with Gasteiger partial charge in [0.15, 0.2) is 17.7 Å². The summed E-state index contributed by atoms with van der Waals surface area (Å²) >= 11 is 0. The molecule has 1 aliphatic rings. The molecule has 0 aromatic heterocycles. The monoisotopic (exact) mass is 343 g/mol. The minimum absolute atomic E-state index is 0.00524. The minimum Gasteiger partial charge on any atom is -0.477 e. The van der Waals surface area contributed by atoms with Crippen LogP contribution in [0.1, 0.15) is 30.4 Å². The zero-order valence-electron chi connectivity index (χ0n) is 14.1. The number of aliphatic hydroxyl groups excluding tert-OH is 1. The second-order valence-corrected chi connectivity index (χ2v) is 6.48. The van der Waals surface area contributed by atoms with E-state index in [4.69, 9.17) is 4.74 Å².